The second kappa shape index (κ2) is 9.43. The normalized spacial score (nSPS) is 16.2. The summed E-state index contributed by atoms with van der Waals surface area (Å²) in [5, 5.41) is 2.93. The largest absolute Gasteiger partial charge is 0.352 e. The van der Waals surface area contributed by atoms with Crippen LogP contribution in [0.5, 0.6) is 0 Å². The Balaban J connectivity index is 1.45. The first-order chi connectivity index (χ1) is 15.9. The molecule has 10 nitrogen and oxygen atoms in total. The molecule has 33 heavy (non-hydrogen) atoms. The van der Waals surface area contributed by atoms with E-state index in [-0.39, 0.29) is 29.9 Å². The van der Waals surface area contributed by atoms with Crippen molar-refractivity contribution >= 4 is 23.0 Å². The van der Waals surface area contributed by atoms with Crippen molar-refractivity contribution in [3.8, 4) is 0 Å². The van der Waals surface area contributed by atoms with E-state index < -0.39 is 11.2 Å². The SMILES string of the molecule is Cn1c(=O)c2ncn(CC(=O)N3CCCC[C@H]3CCNC(=O)c3ccccc3)c2n(C)c1=O. The van der Waals surface area contributed by atoms with Gasteiger partial charge in [-0.3, -0.25) is 23.5 Å². The summed E-state index contributed by atoms with van der Waals surface area (Å²) < 4.78 is 3.90. The predicted molar refractivity (Wildman–Crippen MR) is 123 cm³/mol. The lowest BCUT2D eigenvalue weighted by molar-refractivity contribution is -0.135. The van der Waals surface area contributed by atoms with Crippen molar-refractivity contribution in [3.63, 3.8) is 0 Å². The van der Waals surface area contributed by atoms with Crippen molar-refractivity contribution in [2.45, 2.75) is 38.3 Å². The Morgan fingerprint density at radius 1 is 1.09 bits per heavy atom. The number of nitrogens with one attached hydrogen (secondary N) is 1. The molecule has 1 N–H and O–H groups in total. The molecule has 3 heterocycles. The van der Waals surface area contributed by atoms with E-state index in [4.69, 9.17) is 0 Å². The molecule has 3 aromatic rings. The number of hydrogen-bond acceptors (Lipinski definition) is 5. The molecule has 1 aromatic carbocycles. The first-order valence-corrected chi connectivity index (χ1v) is 11.1. The third-order valence-corrected chi connectivity index (χ3v) is 6.26. The lowest BCUT2D eigenvalue weighted by Crippen LogP contribution is -2.46. The van der Waals surface area contributed by atoms with Crippen LogP contribution in [0.4, 0.5) is 0 Å². The molecule has 0 aliphatic carbocycles. The van der Waals surface area contributed by atoms with Gasteiger partial charge in [-0.1, -0.05) is 18.2 Å². The van der Waals surface area contributed by atoms with Crippen LogP contribution >= 0.6 is 0 Å². The molecule has 1 fully saturated rings. The van der Waals surface area contributed by atoms with E-state index in [1.54, 1.807) is 23.7 Å². The Labute approximate surface area is 190 Å². The summed E-state index contributed by atoms with van der Waals surface area (Å²) in [6, 6.07) is 9.06. The number of imidazole rings is 1. The van der Waals surface area contributed by atoms with Gasteiger partial charge in [0.2, 0.25) is 5.91 Å². The first-order valence-electron chi connectivity index (χ1n) is 11.1. The second-order valence-corrected chi connectivity index (χ2v) is 8.40. The molecule has 0 unspecified atom stereocenters. The number of likely N-dealkylation sites (tertiary alicyclic amines) is 1. The molecule has 1 aliphatic heterocycles. The van der Waals surface area contributed by atoms with Crippen molar-refractivity contribution in [1.29, 1.82) is 0 Å². The van der Waals surface area contributed by atoms with Crippen molar-refractivity contribution in [3.05, 3.63) is 63.1 Å². The fourth-order valence-electron chi connectivity index (χ4n) is 4.46. The zero-order chi connectivity index (χ0) is 23.5. The minimum absolute atomic E-state index is 0.0101. The standard InChI is InChI=1S/C23H28N6O4/c1-26-21-19(22(32)27(2)23(26)33)25-15-28(21)14-18(30)29-13-7-6-10-17(29)11-12-24-20(31)16-8-4-3-5-9-16/h3-5,8-9,15,17H,6-7,10-14H2,1-2H3,(H,24,31)/t17-/m0/s1. The molecule has 0 saturated carbocycles. The van der Waals surface area contributed by atoms with Crippen molar-refractivity contribution in [2.24, 2.45) is 14.1 Å². The van der Waals surface area contributed by atoms with Crippen LogP contribution in [0, 0.1) is 0 Å². The minimum Gasteiger partial charge on any atom is -0.352 e. The highest BCUT2D eigenvalue weighted by atomic mass is 16.2. The summed E-state index contributed by atoms with van der Waals surface area (Å²) in [7, 11) is 2.97. The van der Waals surface area contributed by atoms with Gasteiger partial charge in [0.15, 0.2) is 5.52 Å². The van der Waals surface area contributed by atoms with Crippen LogP contribution in [0.1, 0.15) is 36.0 Å². The third kappa shape index (κ3) is 4.46. The molecular weight excluding hydrogens is 424 g/mol. The lowest BCUT2D eigenvalue weighted by atomic mass is 9.99. The average molecular weight is 453 g/mol. The highest BCUT2D eigenvalue weighted by molar-refractivity contribution is 5.94. The highest BCUT2D eigenvalue weighted by Gasteiger charge is 2.27. The van der Waals surface area contributed by atoms with Gasteiger partial charge in [-0.15, -0.1) is 0 Å². The number of carbonyl (C=O) groups excluding carboxylic acids is 2. The van der Waals surface area contributed by atoms with Crippen molar-refractivity contribution < 1.29 is 9.59 Å². The Morgan fingerprint density at radius 3 is 2.61 bits per heavy atom. The molecule has 174 valence electrons. The number of rotatable bonds is 6. The van der Waals surface area contributed by atoms with Crippen LogP contribution in [0.3, 0.4) is 0 Å². The Hall–Kier alpha value is -3.69. The fraction of sp³-hybridized carbons (Fsp3) is 0.435. The van der Waals surface area contributed by atoms with Crippen molar-refractivity contribution in [2.75, 3.05) is 13.1 Å². The maximum Gasteiger partial charge on any atom is 0.332 e. The predicted octanol–water partition coefficient (Wildman–Crippen LogP) is 0.635. The number of aryl methyl sites for hydroxylation is 1. The molecule has 4 rings (SSSR count). The zero-order valence-corrected chi connectivity index (χ0v) is 18.9. The summed E-state index contributed by atoms with van der Waals surface area (Å²) in [5.41, 5.74) is 0.153. The number of hydrogen-bond donors (Lipinski definition) is 1. The topological polar surface area (TPSA) is 111 Å². The summed E-state index contributed by atoms with van der Waals surface area (Å²) in [4.78, 5) is 56.2. The van der Waals surface area contributed by atoms with E-state index in [1.165, 1.54) is 17.9 Å². The number of amides is 2. The average Bonchev–Trinajstić information content (AvgIpc) is 3.25. The lowest BCUT2D eigenvalue weighted by Gasteiger charge is -2.36. The van der Waals surface area contributed by atoms with Crippen LogP contribution in [-0.2, 0) is 25.4 Å². The maximum atomic E-state index is 13.2. The zero-order valence-electron chi connectivity index (χ0n) is 18.9. The number of aromatic nitrogens is 4. The monoisotopic (exact) mass is 452 g/mol. The van der Waals surface area contributed by atoms with Crippen LogP contribution in [0.2, 0.25) is 0 Å². The molecular formula is C23H28N6O4. The quantitative estimate of drug-likeness (QED) is 0.590. The van der Waals surface area contributed by atoms with Crippen LogP contribution in [0.25, 0.3) is 11.2 Å². The smallest absolute Gasteiger partial charge is 0.332 e. The van der Waals surface area contributed by atoms with Gasteiger partial charge in [0.25, 0.3) is 11.5 Å². The Bertz CT molecular complexity index is 1290. The third-order valence-electron chi connectivity index (χ3n) is 6.26. The summed E-state index contributed by atoms with van der Waals surface area (Å²) >= 11 is 0. The molecule has 1 atom stereocenters. The number of nitrogens with zero attached hydrogens (tertiary/aromatic N) is 5. The van der Waals surface area contributed by atoms with E-state index in [0.717, 1.165) is 23.8 Å². The van der Waals surface area contributed by atoms with Gasteiger partial charge in [-0.25, -0.2) is 9.78 Å². The molecule has 0 radical (unpaired) electrons. The number of fused-ring (bicyclic) bond motifs is 1. The van der Waals surface area contributed by atoms with E-state index in [0.29, 0.717) is 30.7 Å². The first kappa shape index (κ1) is 22.5. The summed E-state index contributed by atoms with van der Waals surface area (Å²) in [5.74, 6) is -0.224. The Kier molecular flexibility index (Phi) is 6.43. The van der Waals surface area contributed by atoms with Gasteiger partial charge in [0.1, 0.15) is 12.2 Å². The van der Waals surface area contributed by atoms with Gasteiger partial charge in [-0.2, -0.15) is 0 Å². The van der Waals surface area contributed by atoms with Crippen LogP contribution < -0.4 is 16.6 Å². The maximum absolute atomic E-state index is 13.2. The summed E-state index contributed by atoms with van der Waals surface area (Å²) in [6.45, 7) is 1.11. The molecule has 2 aromatic heterocycles. The van der Waals surface area contributed by atoms with Crippen LogP contribution in [0.15, 0.2) is 46.2 Å². The number of benzene rings is 1. The van der Waals surface area contributed by atoms with Crippen molar-refractivity contribution in [1.82, 2.24) is 28.9 Å². The molecule has 0 bridgehead atoms. The van der Waals surface area contributed by atoms with Gasteiger partial charge in [-0.05, 0) is 37.8 Å². The molecule has 2 amide bonds. The molecule has 10 heteroatoms. The van der Waals surface area contributed by atoms with Gasteiger partial charge in [0.05, 0.1) is 6.33 Å². The molecule has 1 aliphatic rings. The van der Waals surface area contributed by atoms with E-state index in [9.17, 15) is 19.2 Å². The molecule has 1 saturated heterocycles. The van der Waals surface area contributed by atoms with E-state index in [1.807, 2.05) is 23.1 Å². The second-order valence-electron chi connectivity index (χ2n) is 8.40. The number of carbonyl (C=O) groups is 2. The van der Waals surface area contributed by atoms with E-state index in [2.05, 4.69) is 10.3 Å². The fourth-order valence-corrected chi connectivity index (χ4v) is 4.46. The van der Waals surface area contributed by atoms with Gasteiger partial charge < -0.3 is 14.8 Å². The minimum atomic E-state index is -0.482. The van der Waals surface area contributed by atoms with Gasteiger partial charge >= 0.3 is 5.69 Å². The van der Waals surface area contributed by atoms with E-state index >= 15 is 0 Å². The Morgan fingerprint density at radius 2 is 1.85 bits per heavy atom. The summed E-state index contributed by atoms with van der Waals surface area (Å²) in [6.07, 6.45) is 4.91. The van der Waals surface area contributed by atoms with Gasteiger partial charge in [0, 0.05) is 38.8 Å². The molecule has 0 spiro atoms. The van der Waals surface area contributed by atoms with Crippen LogP contribution in [-0.4, -0.2) is 54.5 Å². The number of piperidine rings is 1. The highest BCUT2D eigenvalue weighted by Crippen LogP contribution is 2.20.